The molecule has 2 aromatic carbocycles. The van der Waals surface area contributed by atoms with Crippen molar-refractivity contribution in [1.29, 1.82) is 0 Å². The van der Waals surface area contributed by atoms with Gasteiger partial charge in [-0.05, 0) is 37.4 Å². The standard InChI is InChI=1S/C17H21N3S/c1-19-9-11-20(12-10-19)14-7-8-17(16(18)13-14)21-15-5-3-2-4-6-15/h2-8,13H,9-12,18H2,1H3. The lowest BCUT2D eigenvalue weighted by Crippen LogP contribution is -2.44. The quantitative estimate of drug-likeness (QED) is 0.882. The van der Waals surface area contributed by atoms with Gasteiger partial charge in [-0.3, -0.25) is 0 Å². The lowest BCUT2D eigenvalue weighted by molar-refractivity contribution is 0.313. The second-order valence-corrected chi connectivity index (χ2v) is 6.54. The molecule has 110 valence electrons. The summed E-state index contributed by atoms with van der Waals surface area (Å²) in [7, 11) is 2.17. The smallest absolute Gasteiger partial charge is 0.0476 e. The minimum Gasteiger partial charge on any atom is -0.398 e. The monoisotopic (exact) mass is 299 g/mol. The first-order valence-corrected chi connectivity index (χ1v) is 8.10. The second kappa shape index (κ2) is 6.41. The summed E-state index contributed by atoms with van der Waals surface area (Å²) in [5.74, 6) is 0. The molecule has 1 saturated heterocycles. The van der Waals surface area contributed by atoms with Crippen LogP contribution in [0.25, 0.3) is 0 Å². The molecule has 1 aliphatic rings. The lowest BCUT2D eigenvalue weighted by Gasteiger charge is -2.34. The van der Waals surface area contributed by atoms with Gasteiger partial charge in [0.15, 0.2) is 0 Å². The summed E-state index contributed by atoms with van der Waals surface area (Å²) in [6.07, 6.45) is 0. The number of rotatable bonds is 3. The summed E-state index contributed by atoms with van der Waals surface area (Å²) >= 11 is 1.72. The molecule has 0 unspecified atom stereocenters. The van der Waals surface area contributed by atoms with E-state index in [2.05, 4.69) is 59.3 Å². The summed E-state index contributed by atoms with van der Waals surface area (Å²) < 4.78 is 0. The summed E-state index contributed by atoms with van der Waals surface area (Å²) in [6.45, 7) is 4.36. The predicted octanol–water partition coefficient (Wildman–Crippen LogP) is 3.17. The van der Waals surface area contributed by atoms with Crippen molar-refractivity contribution in [2.24, 2.45) is 0 Å². The van der Waals surface area contributed by atoms with Gasteiger partial charge in [0.25, 0.3) is 0 Å². The van der Waals surface area contributed by atoms with Gasteiger partial charge in [0, 0.05) is 47.3 Å². The first-order valence-electron chi connectivity index (χ1n) is 7.28. The molecule has 2 N–H and O–H groups in total. The highest BCUT2D eigenvalue weighted by atomic mass is 32.2. The van der Waals surface area contributed by atoms with E-state index in [9.17, 15) is 0 Å². The van der Waals surface area contributed by atoms with Crippen molar-refractivity contribution in [2.45, 2.75) is 9.79 Å². The highest BCUT2D eigenvalue weighted by Gasteiger charge is 2.15. The number of hydrogen-bond donors (Lipinski definition) is 1. The van der Waals surface area contributed by atoms with Crippen LogP contribution in [0.5, 0.6) is 0 Å². The van der Waals surface area contributed by atoms with Gasteiger partial charge >= 0.3 is 0 Å². The highest BCUT2D eigenvalue weighted by Crippen LogP contribution is 2.34. The van der Waals surface area contributed by atoms with Crippen molar-refractivity contribution in [3.8, 4) is 0 Å². The minimum absolute atomic E-state index is 0.861. The third-order valence-corrected chi connectivity index (χ3v) is 4.93. The fraction of sp³-hybridized carbons (Fsp3) is 0.294. The third-order valence-electron chi connectivity index (χ3n) is 3.83. The van der Waals surface area contributed by atoms with Crippen LogP contribution in [0.3, 0.4) is 0 Å². The zero-order chi connectivity index (χ0) is 14.7. The van der Waals surface area contributed by atoms with E-state index in [1.807, 2.05) is 6.07 Å². The van der Waals surface area contributed by atoms with Gasteiger partial charge in [-0.1, -0.05) is 30.0 Å². The van der Waals surface area contributed by atoms with Crippen LogP contribution >= 0.6 is 11.8 Å². The van der Waals surface area contributed by atoms with Crippen molar-refractivity contribution in [1.82, 2.24) is 4.90 Å². The zero-order valence-electron chi connectivity index (χ0n) is 12.3. The van der Waals surface area contributed by atoms with Crippen LogP contribution in [0.15, 0.2) is 58.3 Å². The van der Waals surface area contributed by atoms with E-state index in [0.29, 0.717) is 0 Å². The molecule has 0 amide bonds. The summed E-state index contributed by atoms with van der Waals surface area (Å²) in [4.78, 5) is 7.11. The van der Waals surface area contributed by atoms with Crippen molar-refractivity contribution in [2.75, 3.05) is 43.9 Å². The molecule has 0 spiro atoms. The predicted molar refractivity (Wildman–Crippen MR) is 91.1 cm³/mol. The van der Waals surface area contributed by atoms with Crippen LogP contribution in [0.4, 0.5) is 11.4 Å². The largest absolute Gasteiger partial charge is 0.398 e. The Bertz CT molecular complexity index is 592. The lowest BCUT2D eigenvalue weighted by atomic mass is 10.2. The molecule has 4 heteroatoms. The van der Waals surface area contributed by atoms with Gasteiger partial charge < -0.3 is 15.5 Å². The molecule has 0 atom stereocenters. The number of nitrogens with zero attached hydrogens (tertiary/aromatic N) is 2. The summed E-state index contributed by atoms with van der Waals surface area (Å²) in [5.41, 5.74) is 8.34. The maximum atomic E-state index is 6.25. The minimum atomic E-state index is 0.861. The van der Waals surface area contributed by atoms with Crippen LogP contribution in [0.1, 0.15) is 0 Å². The Morgan fingerprint density at radius 3 is 2.33 bits per heavy atom. The van der Waals surface area contributed by atoms with E-state index < -0.39 is 0 Å². The third kappa shape index (κ3) is 3.52. The first-order chi connectivity index (χ1) is 10.2. The van der Waals surface area contributed by atoms with Crippen molar-refractivity contribution >= 4 is 23.1 Å². The Morgan fingerprint density at radius 1 is 0.952 bits per heavy atom. The van der Waals surface area contributed by atoms with E-state index in [0.717, 1.165) is 36.8 Å². The molecule has 0 radical (unpaired) electrons. The fourth-order valence-electron chi connectivity index (χ4n) is 2.51. The van der Waals surface area contributed by atoms with Gasteiger partial charge in [0.05, 0.1) is 0 Å². The Morgan fingerprint density at radius 2 is 1.67 bits per heavy atom. The van der Waals surface area contributed by atoms with Gasteiger partial charge in [0.1, 0.15) is 0 Å². The normalized spacial score (nSPS) is 16.1. The molecule has 1 heterocycles. The SMILES string of the molecule is CN1CCN(c2ccc(Sc3ccccc3)c(N)c2)CC1. The summed E-state index contributed by atoms with van der Waals surface area (Å²) in [6, 6.07) is 16.8. The molecule has 0 bridgehead atoms. The van der Waals surface area contributed by atoms with E-state index >= 15 is 0 Å². The number of nitrogen functional groups attached to an aromatic ring is 1. The second-order valence-electron chi connectivity index (χ2n) is 5.43. The first kappa shape index (κ1) is 14.3. The maximum Gasteiger partial charge on any atom is 0.0476 e. The number of anilines is 2. The van der Waals surface area contributed by atoms with Crippen LogP contribution in [0.2, 0.25) is 0 Å². The Labute approximate surface area is 130 Å². The van der Waals surface area contributed by atoms with E-state index in [-0.39, 0.29) is 0 Å². The van der Waals surface area contributed by atoms with Crippen molar-refractivity contribution < 1.29 is 0 Å². The topological polar surface area (TPSA) is 32.5 Å². The Hall–Kier alpha value is -1.65. The van der Waals surface area contributed by atoms with Gasteiger partial charge in [-0.25, -0.2) is 0 Å². The van der Waals surface area contributed by atoms with E-state index in [1.54, 1.807) is 11.8 Å². The van der Waals surface area contributed by atoms with Gasteiger partial charge in [-0.2, -0.15) is 0 Å². The number of likely N-dealkylation sites (N-methyl/N-ethyl adjacent to an activating group) is 1. The Balaban J connectivity index is 1.74. The molecule has 0 aliphatic carbocycles. The number of benzene rings is 2. The van der Waals surface area contributed by atoms with Crippen LogP contribution in [0, 0.1) is 0 Å². The molecule has 0 aromatic heterocycles. The molecular formula is C17H21N3S. The molecule has 2 aromatic rings. The fourth-order valence-corrected chi connectivity index (χ4v) is 3.37. The van der Waals surface area contributed by atoms with Crippen molar-refractivity contribution in [3.05, 3.63) is 48.5 Å². The van der Waals surface area contributed by atoms with Crippen molar-refractivity contribution in [3.63, 3.8) is 0 Å². The maximum absolute atomic E-state index is 6.25. The zero-order valence-corrected chi connectivity index (χ0v) is 13.1. The molecule has 1 aliphatic heterocycles. The van der Waals surface area contributed by atoms with E-state index in [1.165, 1.54) is 10.6 Å². The molecular weight excluding hydrogens is 278 g/mol. The molecule has 1 fully saturated rings. The average Bonchev–Trinajstić information content (AvgIpc) is 2.51. The number of piperazine rings is 1. The highest BCUT2D eigenvalue weighted by molar-refractivity contribution is 7.99. The molecule has 3 nitrogen and oxygen atoms in total. The van der Waals surface area contributed by atoms with Gasteiger partial charge in [-0.15, -0.1) is 0 Å². The Kier molecular flexibility index (Phi) is 4.36. The van der Waals surface area contributed by atoms with E-state index in [4.69, 9.17) is 5.73 Å². The average molecular weight is 299 g/mol. The molecule has 21 heavy (non-hydrogen) atoms. The number of hydrogen-bond acceptors (Lipinski definition) is 4. The van der Waals surface area contributed by atoms with Crippen LogP contribution in [-0.4, -0.2) is 38.1 Å². The van der Waals surface area contributed by atoms with Gasteiger partial charge in [0.2, 0.25) is 0 Å². The molecule has 3 rings (SSSR count). The van der Waals surface area contributed by atoms with Crippen LogP contribution in [-0.2, 0) is 0 Å². The number of nitrogens with two attached hydrogens (primary N) is 1. The molecule has 0 saturated carbocycles. The summed E-state index contributed by atoms with van der Waals surface area (Å²) in [5, 5.41) is 0. The van der Waals surface area contributed by atoms with Crippen LogP contribution < -0.4 is 10.6 Å².